The van der Waals surface area contributed by atoms with Gasteiger partial charge < -0.3 is 25.7 Å². The quantitative estimate of drug-likeness (QED) is 0.499. The Bertz CT molecular complexity index is 388. The van der Waals surface area contributed by atoms with Crippen molar-refractivity contribution in [3.63, 3.8) is 0 Å². The number of hydrogen-bond donors (Lipinski definition) is 4. The Hall–Kier alpha value is -1.83. The van der Waals surface area contributed by atoms with E-state index < -0.39 is 24.0 Å². The Morgan fingerprint density at radius 3 is 2.57 bits per heavy atom. The van der Waals surface area contributed by atoms with Crippen LogP contribution in [0.15, 0.2) is 0 Å². The fourth-order valence-corrected chi connectivity index (χ4v) is 2.34. The number of nitrogens with zero attached hydrogens (tertiary/aromatic N) is 1. The molecule has 0 bridgehead atoms. The van der Waals surface area contributed by atoms with Crippen molar-refractivity contribution in [1.29, 1.82) is 0 Å². The van der Waals surface area contributed by atoms with Crippen molar-refractivity contribution in [2.45, 2.75) is 32.2 Å². The van der Waals surface area contributed by atoms with Gasteiger partial charge in [0.1, 0.15) is 6.04 Å². The minimum Gasteiger partial charge on any atom is -0.481 e. The van der Waals surface area contributed by atoms with Crippen molar-refractivity contribution in [3.8, 4) is 0 Å². The highest BCUT2D eigenvalue weighted by Crippen LogP contribution is 2.14. The standard InChI is InChI=1S/C13H23N3O5/c1-2-16-6-5-9(8-16)7-14-13(21)15-10(12(19)20)3-4-11(17)18/h9-10H,2-8H2,1H3,(H,17,18)(H,19,20)(H2,14,15,21). The summed E-state index contributed by atoms with van der Waals surface area (Å²) in [7, 11) is 0. The van der Waals surface area contributed by atoms with Gasteiger partial charge in [-0.25, -0.2) is 9.59 Å². The number of carbonyl (C=O) groups excluding carboxylic acids is 1. The fraction of sp³-hybridized carbons (Fsp3) is 0.769. The van der Waals surface area contributed by atoms with Crippen molar-refractivity contribution >= 4 is 18.0 Å². The monoisotopic (exact) mass is 301 g/mol. The summed E-state index contributed by atoms with van der Waals surface area (Å²) < 4.78 is 0. The number of carboxylic acid groups (broad SMARTS) is 2. The molecule has 1 rings (SSSR count). The Morgan fingerprint density at radius 2 is 2.05 bits per heavy atom. The van der Waals surface area contributed by atoms with Crippen molar-refractivity contribution in [2.75, 3.05) is 26.2 Å². The molecule has 120 valence electrons. The van der Waals surface area contributed by atoms with Crippen molar-refractivity contribution in [3.05, 3.63) is 0 Å². The third kappa shape index (κ3) is 6.44. The van der Waals surface area contributed by atoms with Gasteiger partial charge in [0.2, 0.25) is 0 Å². The van der Waals surface area contributed by atoms with Crippen LogP contribution in [0.3, 0.4) is 0 Å². The third-order valence-corrected chi connectivity index (χ3v) is 3.62. The highest BCUT2D eigenvalue weighted by Gasteiger charge is 2.23. The molecular formula is C13H23N3O5. The molecule has 0 spiro atoms. The van der Waals surface area contributed by atoms with E-state index in [2.05, 4.69) is 22.5 Å². The Balaban J connectivity index is 2.30. The zero-order valence-corrected chi connectivity index (χ0v) is 12.2. The molecule has 2 unspecified atom stereocenters. The van der Waals surface area contributed by atoms with Crippen LogP contribution in [0, 0.1) is 5.92 Å². The van der Waals surface area contributed by atoms with Crippen LogP contribution in [0.1, 0.15) is 26.2 Å². The molecule has 0 aromatic rings. The molecule has 0 aliphatic carbocycles. The molecule has 2 amide bonds. The number of aliphatic carboxylic acids is 2. The summed E-state index contributed by atoms with van der Waals surface area (Å²) >= 11 is 0. The van der Waals surface area contributed by atoms with Gasteiger partial charge in [0, 0.05) is 19.5 Å². The van der Waals surface area contributed by atoms with E-state index in [4.69, 9.17) is 10.2 Å². The zero-order valence-electron chi connectivity index (χ0n) is 12.2. The normalized spacial score (nSPS) is 20.0. The van der Waals surface area contributed by atoms with E-state index >= 15 is 0 Å². The molecule has 0 radical (unpaired) electrons. The van der Waals surface area contributed by atoms with Gasteiger partial charge in [-0.3, -0.25) is 4.79 Å². The van der Waals surface area contributed by atoms with Crippen LogP contribution in [-0.2, 0) is 9.59 Å². The van der Waals surface area contributed by atoms with E-state index in [0.29, 0.717) is 12.5 Å². The number of likely N-dealkylation sites (tertiary alicyclic amines) is 1. The predicted molar refractivity (Wildman–Crippen MR) is 75.0 cm³/mol. The summed E-state index contributed by atoms with van der Waals surface area (Å²) in [6.45, 7) is 5.51. The fourth-order valence-electron chi connectivity index (χ4n) is 2.34. The summed E-state index contributed by atoms with van der Waals surface area (Å²) in [5.41, 5.74) is 0. The van der Waals surface area contributed by atoms with Crippen molar-refractivity contribution < 1.29 is 24.6 Å². The lowest BCUT2D eigenvalue weighted by molar-refractivity contribution is -0.140. The molecule has 1 heterocycles. The smallest absolute Gasteiger partial charge is 0.326 e. The first-order valence-corrected chi connectivity index (χ1v) is 7.13. The van der Waals surface area contributed by atoms with Crippen LogP contribution in [0.25, 0.3) is 0 Å². The number of rotatable bonds is 8. The largest absolute Gasteiger partial charge is 0.481 e. The van der Waals surface area contributed by atoms with E-state index in [1.807, 2.05) is 0 Å². The van der Waals surface area contributed by atoms with Crippen LogP contribution >= 0.6 is 0 Å². The second-order valence-corrected chi connectivity index (χ2v) is 5.23. The molecule has 21 heavy (non-hydrogen) atoms. The maximum Gasteiger partial charge on any atom is 0.326 e. The minimum atomic E-state index is -1.23. The summed E-state index contributed by atoms with van der Waals surface area (Å²) in [4.78, 5) is 35.3. The van der Waals surface area contributed by atoms with Gasteiger partial charge in [-0.1, -0.05) is 6.92 Å². The van der Waals surface area contributed by atoms with E-state index in [9.17, 15) is 14.4 Å². The van der Waals surface area contributed by atoms with E-state index in [1.54, 1.807) is 0 Å². The second kappa shape index (κ2) is 8.46. The van der Waals surface area contributed by atoms with Gasteiger partial charge in [-0.2, -0.15) is 0 Å². The third-order valence-electron chi connectivity index (χ3n) is 3.62. The number of carboxylic acids is 2. The molecule has 1 aliphatic rings. The minimum absolute atomic E-state index is 0.134. The molecule has 0 saturated carbocycles. The lowest BCUT2D eigenvalue weighted by Gasteiger charge is -2.16. The molecule has 2 atom stereocenters. The average molecular weight is 301 g/mol. The van der Waals surface area contributed by atoms with Crippen LogP contribution in [-0.4, -0.2) is 65.3 Å². The molecule has 0 aromatic heterocycles. The van der Waals surface area contributed by atoms with E-state index in [-0.39, 0.29) is 12.8 Å². The maximum atomic E-state index is 11.7. The molecule has 1 fully saturated rings. The van der Waals surface area contributed by atoms with Gasteiger partial charge in [-0.05, 0) is 31.8 Å². The van der Waals surface area contributed by atoms with Crippen molar-refractivity contribution in [2.24, 2.45) is 5.92 Å². The molecule has 8 nitrogen and oxygen atoms in total. The maximum absolute atomic E-state index is 11.7. The first-order valence-electron chi connectivity index (χ1n) is 7.13. The second-order valence-electron chi connectivity index (χ2n) is 5.23. The van der Waals surface area contributed by atoms with Gasteiger partial charge in [0.05, 0.1) is 0 Å². The van der Waals surface area contributed by atoms with Gasteiger partial charge in [0.25, 0.3) is 0 Å². The van der Waals surface area contributed by atoms with Gasteiger partial charge >= 0.3 is 18.0 Å². The van der Waals surface area contributed by atoms with Crippen LogP contribution in [0.4, 0.5) is 4.79 Å². The Labute approximate surface area is 123 Å². The van der Waals surface area contributed by atoms with E-state index in [1.165, 1.54) is 0 Å². The highest BCUT2D eigenvalue weighted by atomic mass is 16.4. The average Bonchev–Trinajstić information content (AvgIpc) is 2.88. The Morgan fingerprint density at radius 1 is 1.33 bits per heavy atom. The summed E-state index contributed by atoms with van der Waals surface area (Å²) in [5, 5.41) is 22.4. The molecule has 1 saturated heterocycles. The topological polar surface area (TPSA) is 119 Å². The van der Waals surface area contributed by atoms with Crippen LogP contribution < -0.4 is 10.6 Å². The number of amides is 2. The molecule has 0 aromatic carbocycles. The molecule has 1 aliphatic heterocycles. The number of urea groups is 1. The summed E-state index contributed by atoms with van der Waals surface area (Å²) in [6, 6.07) is -1.75. The van der Waals surface area contributed by atoms with E-state index in [0.717, 1.165) is 26.1 Å². The Kier molecular flexibility index (Phi) is 6.93. The van der Waals surface area contributed by atoms with Gasteiger partial charge in [0.15, 0.2) is 0 Å². The van der Waals surface area contributed by atoms with Crippen LogP contribution in [0.2, 0.25) is 0 Å². The summed E-state index contributed by atoms with van der Waals surface area (Å²) in [6.07, 6.45) is 0.575. The lowest BCUT2D eigenvalue weighted by Crippen LogP contribution is -2.47. The zero-order chi connectivity index (χ0) is 15.8. The SMILES string of the molecule is CCN1CCC(CNC(=O)NC(CCC(=O)O)C(=O)O)C1. The lowest BCUT2D eigenvalue weighted by atomic mass is 10.1. The molecule has 8 heteroatoms. The first-order chi connectivity index (χ1) is 9.92. The number of hydrogen-bond acceptors (Lipinski definition) is 4. The predicted octanol–water partition coefficient (Wildman–Crippen LogP) is -0.0546. The first kappa shape index (κ1) is 17.2. The highest BCUT2D eigenvalue weighted by molar-refractivity contribution is 5.82. The van der Waals surface area contributed by atoms with Gasteiger partial charge in [-0.15, -0.1) is 0 Å². The molecule has 4 N–H and O–H groups in total. The summed E-state index contributed by atoms with van der Waals surface area (Å²) in [5.74, 6) is -1.95. The number of nitrogens with one attached hydrogen (secondary N) is 2. The van der Waals surface area contributed by atoms with Crippen LogP contribution in [0.5, 0.6) is 0 Å². The molecular weight excluding hydrogens is 278 g/mol. The number of carbonyl (C=O) groups is 3. The van der Waals surface area contributed by atoms with Crippen molar-refractivity contribution in [1.82, 2.24) is 15.5 Å².